The molecule has 0 aromatic carbocycles. The molecule has 1 heterocycles. The third kappa shape index (κ3) is 2.33. The normalized spacial score (nSPS) is 34.8. The van der Waals surface area contributed by atoms with Gasteiger partial charge in [-0.1, -0.05) is 34.1 Å². The van der Waals surface area contributed by atoms with E-state index >= 15 is 0 Å². The Hall–Kier alpha value is -0.420. The van der Waals surface area contributed by atoms with Crippen molar-refractivity contribution in [2.75, 3.05) is 12.3 Å². The van der Waals surface area contributed by atoms with Gasteiger partial charge in [-0.25, -0.2) is 8.42 Å². The maximum atomic E-state index is 12.3. The predicted octanol–water partition coefficient (Wildman–Crippen LogP) is 2.59. The van der Waals surface area contributed by atoms with Gasteiger partial charge < -0.3 is 0 Å². The van der Waals surface area contributed by atoms with Crippen molar-refractivity contribution >= 4 is 15.8 Å². The molecule has 2 rings (SSSR count). The SMILES string of the molecule is CCN1C2(CCC(C(C)(C)CC)CC2)C(=O)CS1(=O)=O. The standard InChI is InChI=1S/C15H27NO3S/c1-5-14(3,4)12-7-9-15(10-8-12)13(17)11-20(18,19)16(15)6-2/h12H,5-11H2,1-4H3. The van der Waals surface area contributed by atoms with Crippen LogP contribution in [0.2, 0.25) is 0 Å². The first-order chi connectivity index (χ1) is 9.19. The molecule has 0 atom stereocenters. The van der Waals surface area contributed by atoms with Gasteiger partial charge in [-0.2, -0.15) is 4.31 Å². The number of hydrogen-bond donors (Lipinski definition) is 0. The van der Waals surface area contributed by atoms with E-state index in [0.29, 0.717) is 25.3 Å². The Morgan fingerprint density at radius 2 is 1.80 bits per heavy atom. The summed E-state index contributed by atoms with van der Waals surface area (Å²) in [6, 6.07) is 0. The van der Waals surface area contributed by atoms with E-state index in [2.05, 4.69) is 20.8 Å². The highest BCUT2D eigenvalue weighted by Gasteiger charge is 2.57. The van der Waals surface area contributed by atoms with E-state index in [0.717, 1.165) is 19.3 Å². The van der Waals surface area contributed by atoms with E-state index in [1.54, 1.807) is 0 Å². The van der Waals surface area contributed by atoms with E-state index in [1.807, 2.05) is 6.92 Å². The van der Waals surface area contributed by atoms with Crippen LogP contribution in [0, 0.1) is 11.3 Å². The van der Waals surface area contributed by atoms with Crippen molar-refractivity contribution in [2.45, 2.75) is 65.3 Å². The fourth-order valence-corrected chi connectivity index (χ4v) is 5.94. The lowest BCUT2D eigenvalue weighted by Gasteiger charge is -2.45. The van der Waals surface area contributed by atoms with Crippen LogP contribution >= 0.6 is 0 Å². The molecule has 0 N–H and O–H groups in total. The molecule has 0 unspecified atom stereocenters. The lowest BCUT2D eigenvalue weighted by atomic mass is 9.65. The largest absolute Gasteiger partial charge is 0.296 e. The molecular weight excluding hydrogens is 274 g/mol. The molecule has 2 fully saturated rings. The van der Waals surface area contributed by atoms with Gasteiger partial charge >= 0.3 is 0 Å². The summed E-state index contributed by atoms with van der Waals surface area (Å²) in [7, 11) is -3.37. The molecule has 2 aliphatic rings. The second-order valence-corrected chi connectivity index (χ2v) is 8.89. The average molecular weight is 301 g/mol. The second kappa shape index (κ2) is 5.09. The van der Waals surface area contributed by atoms with Crippen molar-refractivity contribution in [3.05, 3.63) is 0 Å². The molecule has 0 aromatic rings. The Bertz CT molecular complexity index is 487. The van der Waals surface area contributed by atoms with Gasteiger partial charge in [0.15, 0.2) is 5.78 Å². The molecule has 1 aliphatic heterocycles. The van der Waals surface area contributed by atoms with Gasteiger partial charge in [0.1, 0.15) is 5.75 Å². The second-order valence-electron chi connectivity index (χ2n) is 6.99. The molecule has 0 amide bonds. The number of ketones is 1. The summed E-state index contributed by atoms with van der Waals surface area (Å²) in [5.41, 5.74) is -0.437. The fourth-order valence-electron chi connectivity index (χ4n) is 3.98. The lowest BCUT2D eigenvalue weighted by molar-refractivity contribution is -0.126. The van der Waals surface area contributed by atoms with Crippen LogP contribution in [0.3, 0.4) is 0 Å². The first kappa shape index (κ1) is 16.0. The van der Waals surface area contributed by atoms with E-state index in [9.17, 15) is 13.2 Å². The summed E-state index contributed by atoms with van der Waals surface area (Å²) < 4.78 is 25.7. The molecule has 0 bridgehead atoms. The zero-order valence-corrected chi connectivity index (χ0v) is 13.9. The van der Waals surface area contributed by atoms with E-state index < -0.39 is 15.6 Å². The Labute approximate surface area is 123 Å². The molecule has 0 radical (unpaired) electrons. The highest BCUT2D eigenvalue weighted by molar-refractivity contribution is 7.90. The minimum Gasteiger partial charge on any atom is -0.296 e. The molecule has 5 heteroatoms. The Morgan fingerprint density at radius 3 is 2.25 bits per heavy atom. The van der Waals surface area contributed by atoms with Crippen molar-refractivity contribution in [3.8, 4) is 0 Å². The zero-order chi connectivity index (χ0) is 15.2. The lowest BCUT2D eigenvalue weighted by Crippen LogP contribution is -2.52. The number of sulfonamides is 1. The third-order valence-corrected chi connectivity index (χ3v) is 7.67. The number of Topliss-reactive ketones (excluding diaryl/α,β-unsaturated/α-hetero) is 1. The fraction of sp³-hybridized carbons (Fsp3) is 0.933. The van der Waals surface area contributed by atoms with Gasteiger partial charge in [0, 0.05) is 6.54 Å². The minimum absolute atomic E-state index is 0.0768. The van der Waals surface area contributed by atoms with Gasteiger partial charge in [-0.15, -0.1) is 0 Å². The summed E-state index contributed by atoms with van der Waals surface area (Å²) in [6.45, 7) is 9.00. The summed E-state index contributed by atoms with van der Waals surface area (Å²) in [6.07, 6.45) is 4.44. The van der Waals surface area contributed by atoms with Crippen LogP contribution in [-0.4, -0.2) is 36.3 Å². The van der Waals surface area contributed by atoms with Crippen molar-refractivity contribution < 1.29 is 13.2 Å². The Kier molecular flexibility index (Phi) is 4.06. The van der Waals surface area contributed by atoms with Gasteiger partial charge in [0.05, 0.1) is 5.54 Å². The number of carbonyl (C=O) groups is 1. The Balaban J connectivity index is 2.22. The van der Waals surface area contributed by atoms with Crippen LogP contribution < -0.4 is 0 Å². The quantitative estimate of drug-likeness (QED) is 0.805. The molecule has 1 aliphatic carbocycles. The highest BCUT2D eigenvalue weighted by Crippen LogP contribution is 2.48. The number of carbonyl (C=O) groups excluding carboxylic acids is 1. The summed E-state index contributed by atoms with van der Waals surface area (Å²) in [4.78, 5) is 12.3. The maximum Gasteiger partial charge on any atom is 0.222 e. The van der Waals surface area contributed by atoms with Gasteiger partial charge in [0.2, 0.25) is 10.0 Å². The first-order valence-electron chi connectivity index (χ1n) is 7.73. The predicted molar refractivity (Wildman–Crippen MR) is 79.9 cm³/mol. The molecule has 1 spiro atoms. The molecule has 4 nitrogen and oxygen atoms in total. The smallest absolute Gasteiger partial charge is 0.222 e. The van der Waals surface area contributed by atoms with Crippen LogP contribution in [0.4, 0.5) is 0 Å². The van der Waals surface area contributed by atoms with Crippen LogP contribution in [0.5, 0.6) is 0 Å². The van der Waals surface area contributed by atoms with E-state index in [1.165, 1.54) is 4.31 Å². The maximum absolute atomic E-state index is 12.3. The summed E-state index contributed by atoms with van der Waals surface area (Å²) >= 11 is 0. The third-order valence-electron chi connectivity index (χ3n) is 5.76. The van der Waals surface area contributed by atoms with Gasteiger partial charge in [-0.05, 0) is 37.0 Å². The zero-order valence-electron chi connectivity index (χ0n) is 13.1. The Morgan fingerprint density at radius 1 is 1.25 bits per heavy atom. The van der Waals surface area contributed by atoms with Crippen molar-refractivity contribution in [1.29, 1.82) is 0 Å². The molecule has 1 saturated carbocycles. The van der Waals surface area contributed by atoms with E-state index in [4.69, 9.17) is 0 Å². The van der Waals surface area contributed by atoms with Crippen molar-refractivity contribution in [3.63, 3.8) is 0 Å². The molecule has 0 aromatic heterocycles. The highest BCUT2D eigenvalue weighted by atomic mass is 32.2. The van der Waals surface area contributed by atoms with Crippen LogP contribution in [0.1, 0.15) is 59.8 Å². The number of nitrogens with zero attached hydrogens (tertiary/aromatic N) is 1. The van der Waals surface area contributed by atoms with Crippen LogP contribution in [0.15, 0.2) is 0 Å². The van der Waals surface area contributed by atoms with Crippen LogP contribution in [-0.2, 0) is 14.8 Å². The molecule has 1 saturated heterocycles. The topological polar surface area (TPSA) is 54.5 Å². The van der Waals surface area contributed by atoms with Crippen LogP contribution in [0.25, 0.3) is 0 Å². The van der Waals surface area contributed by atoms with Crippen molar-refractivity contribution in [2.24, 2.45) is 11.3 Å². The van der Waals surface area contributed by atoms with Gasteiger partial charge in [0.25, 0.3) is 0 Å². The summed E-state index contributed by atoms with van der Waals surface area (Å²) in [5.74, 6) is 0.225. The monoisotopic (exact) mass is 301 g/mol. The molecule has 116 valence electrons. The number of hydrogen-bond acceptors (Lipinski definition) is 3. The average Bonchev–Trinajstić information content (AvgIpc) is 2.56. The summed E-state index contributed by atoms with van der Waals surface area (Å²) in [5, 5.41) is 0. The number of rotatable bonds is 3. The number of likely N-dealkylation sites (N-methyl/N-ethyl adjacent to an activating group) is 1. The van der Waals surface area contributed by atoms with Crippen molar-refractivity contribution in [1.82, 2.24) is 4.31 Å². The molecule has 20 heavy (non-hydrogen) atoms. The van der Waals surface area contributed by atoms with Gasteiger partial charge in [-0.3, -0.25) is 4.79 Å². The van der Waals surface area contributed by atoms with E-state index in [-0.39, 0.29) is 17.0 Å². The first-order valence-corrected chi connectivity index (χ1v) is 9.34. The minimum atomic E-state index is -3.37. The molecular formula is C15H27NO3S.